The molecule has 0 atom stereocenters. The monoisotopic (exact) mass is 330 g/mol. The van der Waals surface area contributed by atoms with Crippen molar-refractivity contribution in [3.8, 4) is 11.8 Å². The van der Waals surface area contributed by atoms with Gasteiger partial charge in [0.05, 0.1) is 17.2 Å². The van der Waals surface area contributed by atoms with Crippen LogP contribution in [-0.4, -0.2) is 11.0 Å². The number of amides is 1. The van der Waals surface area contributed by atoms with Gasteiger partial charge < -0.3 is 10.4 Å². The van der Waals surface area contributed by atoms with Crippen LogP contribution in [0.4, 0.5) is 5.69 Å². The Morgan fingerprint density at radius 2 is 2.05 bits per heavy atom. The van der Waals surface area contributed by atoms with Gasteiger partial charge >= 0.3 is 0 Å². The van der Waals surface area contributed by atoms with Crippen LogP contribution in [0.1, 0.15) is 21.5 Å². The molecule has 5 heteroatoms. The maximum atomic E-state index is 12.1. The molecule has 0 aromatic heterocycles. The third-order valence-electron chi connectivity index (χ3n) is 2.82. The predicted octanol–water partition coefficient (Wildman–Crippen LogP) is 3.59. The number of aromatic hydroxyl groups is 1. The summed E-state index contributed by atoms with van der Waals surface area (Å²) in [5.41, 5.74) is 2.03. The van der Waals surface area contributed by atoms with Crippen molar-refractivity contribution in [1.29, 1.82) is 5.26 Å². The molecular weight excluding hydrogens is 320 g/mol. The van der Waals surface area contributed by atoms with Gasteiger partial charge in [-0.3, -0.25) is 4.79 Å². The maximum absolute atomic E-state index is 12.1. The number of nitriles is 1. The lowest BCUT2D eigenvalue weighted by molar-refractivity contribution is 0.102. The van der Waals surface area contributed by atoms with E-state index in [1.165, 1.54) is 12.1 Å². The fourth-order valence-corrected chi connectivity index (χ4v) is 2.06. The Morgan fingerprint density at radius 1 is 1.30 bits per heavy atom. The van der Waals surface area contributed by atoms with Gasteiger partial charge in [-0.1, -0.05) is 22.0 Å². The Balaban J connectivity index is 2.30. The van der Waals surface area contributed by atoms with Crippen LogP contribution >= 0.6 is 15.9 Å². The first-order valence-electron chi connectivity index (χ1n) is 5.82. The number of phenolic OH excluding ortho intramolecular Hbond substituents is 1. The molecule has 0 saturated carbocycles. The van der Waals surface area contributed by atoms with Crippen LogP contribution in [0.25, 0.3) is 0 Å². The van der Waals surface area contributed by atoms with Gasteiger partial charge in [0.1, 0.15) is 5.75 Å². The molecule has 0 aliphatic rings. The zero-order chi connectivity index (χ0) is 14.7. The van der Waals surface area contributed by atoms with Crippen LogP contribution in [0.15, 0.2) is 40.9 Å². The Labute approximate surface area is 124 Å². The first kappa shape index (κ1) is 14.1. The Morgan fingerprint density at radius 3 is 2.70 bits per heavy atom. The van der Waals surface area contributed by atoms with Crippen molar-refractivity contribution in [2.75, 3.05) is 5.32 Å². The molecule has 0 aliphatic heterocycles. The second kappa shape index (κ2) is 5.76. The van der Waals surface area contributed by atoms with Gasteiger partial charge in [-0.05, 0) is 42.8 Å². The van der Waals surface area contributed by atoms with Gasteiger partial charge in [-0.25, -0.2) is 0 Å². The van der Waals surface area contributed by atoms with Crippen molar-refractivity contribution < 1.29 is 9.90 Å². The minimum Gasteiger partial charge on any atom is -0.507 e. The summed E-state index contributed by atoms with van der Waals surface area (Å²) in [5.74, 6) is -0.529. The van der Waals surface area contributed by atoms with E-state index in [-0.39, 0.29) is 11.3 Å². The highest BCUT2D eigenvalue weighted by molar-refractivity contribution is 9.10. The van der Waals surface area contributed by atoms with Crippen LogP contribution in [0.3, 0.4) is 0 Å². The fraction of sp³-hybridized carbons (Fsp3) is 0.0667. The molecule has 0 fully saturated rings. The number of phenols is 1. The molecule has 1 amide bonds. The van der Waals surface area contributed by atoms with Gasteiger partial charge in [0.25, 0.3) is 5.91 Å². The summed E-state index contributed by atoms with van der Waals surface area (Å²) in [4.78, 5) is 12.1. The molecule has 0 bridgehead atoms. The second-order valence-corrected chi connectivity index (χ2v) is 5.17. The smallest absolute Gasteiger partial charge is 0.259 e. The van der Waals surface area contributed by atoms with E-state index in [4.69, 9.17) is 5.26 Å². The average molecular weight is 331 g/mol. The number of hydrogen-bond acceptors (Lipinski definition) is 3. The summed E-state index contributed by atoms with van der Waals surface area (Å²) in [5, 5.41) is 21.3. The van der Waals surface area contributed by atoms with Crippen molar-refractivity contribution >= 4 is 27.5 Å². The minimum absolute atomic E-state index is 0.106. The van der Waals surface area contributed by atoms with E-state index in [1.54, 1.807) is 24.3 Å². The molecule has 4 nitrogen and oxygen atoms in total. The first-order valence-corrected chi connectivity index (χ1v) is 6.61. The molecule has 2 aromatic rings. The van der Waals surface area contributed by atoms with Gasteiger partial charge in [-0.2, -0.15) is 5.26 Å². The van der Waals surface area contributed by atoms with E-state index in [0.717, 1.165) is 5.56 Å². The van der Waals surface area contributed by atoms with E-state index in [9.17, 15) is 9.90 Å². The third-order valence-corrected chi connectivity index (χ3v) is 3.31. The van der Waals surface area contributed by atoms with Crippen LogP contribution in [0.5, 0.6) is 5.75 Å². The highest BCUT2D eigenvalue weighted by atomic mass is 79.9. The number of halogens is 1. The molecule has 0 unspecified atom stereocenters. The highest BCUT2D eigenvalue weighted by Gasteiger charge is 2.12. The SMILES string of the molecule is Cc1ccc(C#N)cc1NC(=O)c1ccc(Br)cc1O. The molecule has 100 valence electrons. The Bertz CT molecular complexity index is 720. The van der Waals surface area contributed by atoms with Crippen molar-refractivity contribution in [2.45, 2.75) is 6.92 Å². The van der Waals surface area contributed by atoms with Gasteiger partial charge in [0.15, 0.2) is 0 Å². The lowest BCUT2D eigenvalue weighted by atomic mass is 10.1. The second-order valence-electron chi connectivity index (χ2n) is 4.26. The molecule has 0 heterocycles. The predicted molar refractivity (Wildman–Crippen MR) is 79.7 cm³/mol. The Kier molecular flexibility index (Phi) is 4.06. The van der Waals surface area contributed by atoms with Gasteiger partial charge in [0, 0.05) is 10.2 Å². The van der Waals surface area contributed by atoms with Crippen LogP contribution in [-0.2, 0) is 0 Å². The fourth-order valence-electron chi connectivity index (χ4n) is 1.71. The number of nitrogens with zero attached hydrogens (tertiary/aromatic N) is 1. The lowest BCUT2D eigenvalue weighted by Crippen LogP contribution is -2.13. The zero-order valence-corrected chi connectivity index (χ0v) is 12.2. The number of carbonyl (C=O) groups is 1. The van der Waals surface area contributed by atoms with Gasteiger partial charge in [-0.15, -0.1) is 0 Å². The summed E-state index contributed by atoms with van der Waals surface area (Å²) >= 11 is 3.21. The number of hydrogen-bond donors (Lipinski definition) is 2. The summed E-state index contributed by atoms with van der Waals surface area (Å²) < 4.78 is 0.689. The molecule has 2 aromatic carbocycles. The average Bonchev–Trinajstić information content (AvgIpc) is 2.41. The van der Waals surface area contributed by atoms with Crippen LogP contribution in [0, 0.1) is 18.3 Å². The third kappa shape index (κ3) is 2.98. The number of aryl methyl sites for hydroxylation is 1. The van der Waals surface area contributed by atoms with E-state index in [1.807, 2.05) is 13.0 Å². The maximum Gasteiger partial charge on any atom is 0.259 e. The largest absolute Gasteiger partial charge is 0.507 e. The van der Waals surface area contributed by atoms with Crippen LogP contribution < -0.4 is 5.32 Å². The number of carbonyl (C=O) groups excluding carboxylic acids is 1. The lowest BCUT2D eigenvalue weighted by Gasteiger charge is -2.10. The van der Waals surface area contributed by atoms with E-state index < -0.39 is 5.91 Å². The molecular formula is C15H11BrN2O2. The topological polar surface area (TPSA) is 73.1 Å². The standard InChI is InChI=1S/C15H11BrN2O2/c1-9-2-3-10(8-17)6-13(9)18-15(20)12-5-4-11(16)7-14(12)19/h2-7,19H,1H3,(H,18,20). The molecule has 2 N–H and O–H groups in total. The summed E-state index contributed by atoms with van der Waals surface area (Å²) in [7, 11) is 0. The summed E-state index contributed by atoms with van der Waals surface area (Å²) in [6.45, 7) is 1.83. The Hall–Kier alpha value is -2.32. The molecule has 0 aliphatic carbocycles. The number of benzene rings is 2. The van der Waals surface area contributed by atoms with Crippen molar-refractivity contribution in [3.63, 3.8) is 0 Å². The van der Waals surface area contributed by atoms with Crippen molar-refractivity contribution in [1.82, 2.24) is 0 Å². The molecule has 0 saturated heterocycles. The quantitative estimate of drug-likeness (QED) is 0.883. The van der Waals surface area contributed by atoms with E-state index >= 15 is 0 Å². The molecule has 0 radical (unpaired) electrons. The molecule has 20 heavy (non-hydrogen) atoms. The van der Waals surface area contributed by atoms with Crippen molar-refractivity contribution in [2.24, 2.45) is 0 Å². The molecule has 0 spiro atoms. The number of anilines is 1. The first-order chi connectivity index (χ1) is 9.51. The normalized spacial score (nSPS) is 9.85. The number of rotatable bonds is 2. The number of nitrogens with one attached hydrogen (secondary N) is 1. The van der Waals surface area contributed by atoms with Gasteiger partial charge in [0.2, 0.25) is 0 Å². The minimum atomic E-state index is -0.423. The summed E-state index contributed by atoms with van der Waals surface area (Å²) in [6.07, 6.45) is 0. The highest BCUT2D eigenvalue weighted by Crippen LogP contribution is 2.24. The zero-order valence-electron chi connectivity index (χ0n) is 10.6. The van der Waals surface area contributed by atoms with Crippen LogP contribution in [0.2, 0.25) is 0 Å². The van der Waals surface area contributed by atoms with Crippen molar-refractivity contribution in [3.05, 3.63) is 57.6 Å². The molecule has 2 rings (SSSR count). The van der Waals surface area contributed by atoms with E-state index in [0.29, 0.717) is 15.7 Å². The van der Waals surface area contributed by atoms with E-state index in [2.05, 4.69) is 21.2 Å². The summed E-state index contributed by atoms with van der Waals surface area (Å²) in [6, 6.07) is 11.7.